The number of hydrogen-bond acceptors (Lipinski definition) is 3. The molecule has 0 aliphatic heterocycles. The SMILES string of the molecule is C#CC(CC)N=C(N)Nc1cc(OC)ccc1OC.I. The number of methoxy groups -OCH3 is 2. The molecular weight excluding hydrogens is 369 g/mol. The number of hydrogen-bond donors (Lipinski definition) is 2. The van der Waals surface area contributed by atoms with E-state index in [0.29, 0.717) is 17.2 Å². The van der Waals surface area contributed by atoms with Gasteiger partial charge in [0.25, 0.3) is 0 Å². The number of nitrogens with one attached hydrogen (secondary N) is 1. The van der Waals surface area contributed by atoms with Crippen molar-refractivity contribution in [2.45, 2.75) is 19.4 Å². The number of anilines is 1. The molecule has 5 nitrogen and oxygen atoms in total. The molecule has 0 radical (unpaired) electrons. The molecule has 1 aromatic carbocycles. The standard InChI is InChI=1S/C14H19N3O2.HI/c1-5-10(6-2)16-14(15)17-12-9-11(18-3)7-8-13(12)19-4;/h1,7-10H,6H2,2-4H3,(H3,15,16,17);1H. The van der Waals surface area contributed by atoms with Gasteiger partial charge in [0.15, 0.2) is 5.96 Å². The van der Waals surface area contributed by atoms with Crippen LogP contribution in [0, 0.1) is 12.3 Å². The van der Waals surface area contributed by atoms with Crippen LogP contribution in [0.15, 0.2) is 23.2 Å². The van der Waals surface area contributed by atoms with Gasteiger partial charge < -0.3 is 20.5 Å². The Hall–Kier alpha value is -1.62. The number of halogens is 1. The van der Waals surface area contributed by atoms with E-state index in [0.717, 1.165) is 6.42 Å². The lowest BCUT2D eigenvalue weighted by atomic mass is 10.2. The van der Waals surface area contributed by atoms with Crippen molar-refractivity contribution in [2.75, 3.05) is 19.5 Å². The lowest BCUT2D eigenvalue weighted by molar-refractivity contribution is 0.405. The summed E-state index contributed by atoms with van der Waals surface area (Å²) >= 11 is 0. The molecule has 110 valence electrons. The predicted molar refractivity (Wildman–Crippen MR) is 93.1 cm³/mol. The van der Waals surface area contributed by atoms with Crippen LogP contribution >= 0.6 is 24.0 Å². The van der Waals surface area contributed by atoms with E-state index in [4.69, 9.17) is 21.6 Å². The molecule has 3 N–H and O–H groups in total. The molecule has 0 aromatic heterocycles. The van der Waals surface area contributed by atoms with Crippen LogP contribution in [0.3, 0.4) is 0 Å². The van der Waals surface area contributed by atoms with E-state index in [2.05, 4.69) is 16.2 Å². The van der Waals surface area contributed by atoms with Gasteiger partial charge in [-0.15, -0.1) is 30.4 Å². The van der Waals surface area contributed by atoms with E-state index in [1.807, 2.05) is 6.92 Å². The highest BCUT2D eigenvalue weighted by molar-refractivity contribution is 14.0. The van der Waals surface area contributed by atoms with Crippen molar-refractivity contribution < 1.29 is 9.47 Å². The zero-order valence-electron chi connectivity index (χ0n) is 11.8. The summed E-state index contributed by atoms with van der Waals surface area (Å²) in [6, 6.07) is 5.13. The van der Waals surface area contributed by atoms with Crippen molar-refractivity contribution in [3.63, 3.8) is 0 Å². The molecule has 0 saturated heterocycles. The molecule has 1 unspecified atom stereocenters. The molecule has 1 rings (SSSR count). The second-order valence-electron chi connectivity index (χ2n) is 3.80. The third-order valence-electron chi connectivity index (χ3n) is 2.54. The fourth-order valence-corrected chi connectivity index (χ4v) is 1.50. The Morgan fingerprint density at radius 2 is 2.15 bits per heavy atom. The maximum atomic E-state index is 5.82. The Bertz CT molecular complexity index is 498. The molecule has 0 aliphatic carbocycles. The number of aliphatic imine (C=N–C) groups is 1. The highest BCUT2D eigenvalue weighted by Gasteiger charge is 2.07. The summed E-state index contributed by atoms with van der Waals surface area (Å²) in [5, 5.41) is 2.96. The van der Waals surface area contributed by atoms with Crippen LogP contribution in [0.4, 0.5) is 5.69 Å². The topological polar surface area (TPSA) is 68.9 Å². The van der Waals surface area contributed by atoms with Crippen LogP contribution in [0.5, 0.6) is 11.5 Å². The van der Waals surface area contributed by atoms with Gasteiger partial charge in [0, 0.05) is 6.07 Å². The normalized spacial score (nSPS) is 11.8. The summed E-state index contributed by atoms with van der Waals surface area (Å²) in [4.78, 5) is 4.19. The molecule has 0 spiro atoms. The quantitative estimate of drug-likeness (QED) is 0.351. The Balaban J connectivity index is 0.00000361. The van der Waals surface area contributed by atoms with Crippen LogP contribution in [0.25, 0.3) is 0 Å². The van der Waals surface area contributed by atoms with Gasteiger partial charge in [0.1, 0.15) is 17.5 Å². The van der Waals surface area contributed by atoms with Crippen molar-refractivity contribution in [1.29, 1.82) is 0 Å². The second-order valence-corrected chi connectivity index (χ2v) is 3.80. The zero-order chi connectivity index (χ0) is 14.3. The maximum absolute atomic E-state index is 5.82. The minimum atomic E-state index is -0.232. The van der Waals surface area contributed by atoms with E-state index < -0.39 is 0 Å². The minimum absolute atomic E-state index is 0. The van der Waals surface area contributed by atoms with Crippen LogP contribution in [0.2, 0.25) is 0 Å². The Labute approximate surface area is 137 Å². The summed E-state index contributed by atoms with van der Waals surface area (Å²) in [5.74, 6) is 4.14. The maximum Gasteiger partial charge on any atom is 0.194 e. The molecule has 0 heterocycles. The Morgan fingerprint density at radius 3 is 2.65 bits per heavy atom. The monoisotopic (exact) mass is 389 g/mol. The van der Waals surface area contributed by atoms with E-state index >= 15 is 0 Å². The van der Waals surface area contributed by atoms with Crippen molar-refractivity contribution in [3.05, 3.63) is 18.2 Å². The van der Waals surface area contributed by atoms with Crippen molar-refractivity contribution >= 4 is 35.6 Å². The number of nitrogens with zero attached hydrogens (tertiary/aromatic N) is 1. The fraction of sp³-hybridized carbons (Fsp3) is 0.357. The number of rotatable bonds is 5. The average Bonchev–Trinajstić information content (AvgIpc) is 2.44. The minimum Gasteiger partial charge on any atom is -0.497 e. The molecule has 0 saturated carbocycles. The number of ether oxygens (including phenoxy) is 2. The zero-order valence-corrected chi connectivity index (χ0v) is 14.2. The predicted octanol–water partition coefficient (Wildman–Crippen LogP) is 2.46. The lowest BCUT2D eigenvalue weighted by Crippen LogP contribution is -2.25. The molecule has 0 bridgehead atoms. The smallest absolute Gasteiger partial charge is 0.194 e. The summed E-state index contributed by atoms with van der Waals surface area (Å²) in [6.45, 7) is 1.95. The van der Waals surface area contributed by atoms with E-state index in [1.165, 1.54) is 0 Å². The first-order valence-electron chi connectivity index (χ1n) is 5.93. The van der Waals surface area contributed by atoms with E-state index in [9.17, 15) is 0 Å². The van der Waals surface area contributed by atoms with Gasteiger partial charge in [-0.25, -0.2) is 4.99 Å². The highest BCUT2D eigenvalue weighted by atomic mass is 127. The van der Waals surface area contributed by atoms with Gasteiger partial charge in [-0.05, 0) is 18.6 Å². The number of guanidine groups is 1. The van der Waals surface area contributed by atoms with Gasteiger partial charge in [-0.2, -0.15) is 0 Å². The first-order valence-corrected chi connectivity index (χ1v) is 5.93. The van der Waals surface area contributed by atoms with Gasteiger partial charge in [0.2, 0.25) is 0 Å². The van der Waals surface area contributed by atoms with Gasteiger partial charge in [-0.3, -0.25) is 0 Å². The lowest BCUT2D eigenvalue weighted by Gasteiger charge is -2.12. The first kappa shape index (κ1) is 18.4. The summed E-state index contributed by atoms with van der Waals surface area (Å²) in [7, 11) is 3.17. The van der Waals surface area contributed by atoms with Crippen molar-refractivity contribution in [2.24, 2.45) is 10.7 Å². The van der Waals surface area contributed by atoms with E-state index in [1.54, 1.807) is 32.4 Å². The van der Waals surface area contributed by atoms with Crippen LogP contribution in [-0.2, 0) is 0 Å². The molecule has 6 heteroatoms. The number of nitrogens with two attached hydrogens (primary N) is 1. The molecule has 1 aromatic rings. The molecular formula is C14H20IN3O2. The van der Waals surface area contributed by atoms with Crippen LogP contribution < -0.4 is 20.5 Å². The number of benzene rings is 1. The summed E-state index contributed by atoms with van der Waals surface area (Å²) < 4.78 is 10.4. The number of terminal acetylenes is 1. The summed E-state index contributed by atoms with van der Waals surface area (Å²) in [5.41, 5.74) is 6.50. The van der Waals surface area contributed by atoms with Gasteiger partial charge in [0.05, 0.1) is 19.9 Å². The Kier molecular flexibility index (Phi) is 8.56. The van der Waals surface area contributed by atoms with Crippen molar-refractivity contribution in [1.82, 2.24) is 0 Å². The average molecular weight is 389 g/mol. The van der Waals surface area contributed by atoms with Gasteiger partial charge in [-0.1, -0.05) is 12.8 Å². The molecule has 0 fully saturated rings. The molecule has 20 heavy (non-hydrogen) atoms. The fourth-order valence-electron chi connectivity index (χ4n) is 1.50. The first-order chi connectivity index (χ1) is 9.14. The van der Waals surface area contributed by atoms with Gasteiger partial charge >= 0.3 is 0 Å². The van der Waals surface area contributed by atoms with Crippen LogP contribution in [0.1, 0.15) is 13.3 Å². The third kappa shape index (κ3) is 5.17. The van der Waals surface area contributed by atoms with Crippen LogP contribution in [-0.4, -0.2) is 26.2 Å². The second kappa shape index (κ2) is 9.31. The largest absolute Gasteiger partial charge is 0.497 e. The van der Waals surface area contributed by atoms with Crippen molar-refractivity contribution in [3.8, 4) is 23.8 Å². The highest BCUT2D eigenvalue weighted by Crippen LogP contribution is 2.28. The summed E-state index contributed by atoms with van der Waals surface area (Å²) in [6.07, 6.45) is 6.07. The molecule has 0 amide bonds. The molecule has 1 atom stereocenters. The molecule has 0 aliphatic rings. The van der Waals surface area contributed by atoms with E-state index in [-0.39, 0.29) is 36.0 Å². The third-order valence-corrected chi connectivity index (χ3v) is 2.54. The Morgan fingerprint density at radius 1 is 1.45 bits per heavy atom.